The molecule has 4 fully saturated rings. The molecule has 9 rings (SSSR count). The molecule has 1 saturated heterocycles. The van der Waals surface area contributed by atoms with Crippen molar-refractivity contribution in [1.29, 1.82) is 0 Å². The highest BCUT2D eigenvalue weighted by Crippen LogP contribution is 2.46. The molecule has 0 unspecified atom stereocenters. The molecule has 3 aromatic heterocycles. The summed E-state index contributed by atoms with van der Waals surface area (Å²) >= 11 is 1.60. The summed E-state index contributed by atoms with van der Waals surface area (Å²) in [6.07, 6.45) is 10.2. The molecule has 0 spiro atoms. The van der Waals surface area contributed by atoms with Crippen LogP contribution in [0.3, 0.4) is 0 Å². The average Bonchev–Trinajstić information content (AvgIpc) is 3.89. The van der Waals surface area contributed by atoms with E-state index in [1.54, 1.807) is 11.3 Å². The van der Waals surface area contributed by atoms with Gasteiger partial charge in [-0.3, -0.25) is 19.1 Å². The fraction of sp³-hybridized carbons (Fsp3) is 0.512. The maximum absolute atomic E-state index is 14.7. The number of benzene rings is 1. The van der Waals surface area contributed by atoms with Crippen LogP contribution in [0.25, 0.3) is 32.6 Å². The highest BCUT2D eigenvalue weighted by molar-refractivity contribution is 7.91. The Morgan fingerprint density at radius 2 is 1.80 bits per heavy atom. The number of pyridine rings is 1. The first-order valence-corrected chi connectivity index (χ1v) is 23.2. The van der Waals surface area contributed by atoms with Crippen molar-refractivity contribution in [3.05, 3.63) is 59.5 Å². The van der Waals surface area contributed by atoms with E-state index in [1.807, 2.05) is 61.5 Å². The first-order chi connectivity index (χ1) is 28.5. The molecule has 3 aliphatic carbocycles. The largest absolute Gasteiger partial charge is 0.484 e. The van der Waals surface area contributed by atoms with Gasteiger partial charge >= 0.3 is 6.09 Å². The zero-order chi connectivity index (χ0) is 40.9. The van der Waals surface area contributed by atoms with Gasteiger partial charge in [0, 0.05) is 28.7 Å². The Morgan fingerprint density at radius 1 is 1.00 bits per heavy atom. The number of carbonyl (C=O) groups is 4. The topological polar surface area (TPSA) is 186 Å². The van der Waals surface area contributed by atoms with Gasteiger partial charge in [-0.05, 0) is 95.4 Å². The van der Waals surface area contributed by atoms with Crippen molar-refractivity contribution in [2.24, 2.45) is 5.92 Å². The molecule has 14 nitrogen and oxygen atoms in total. The van der Waals surface area contributed by atoms with Gasteiger partial charge < -0.3 is 29.4 Å². The number of thiophene rings is 1. The third-order valence-electron chi connectivity index (χ3n) is 12.3. The van der Waals surface area contributed by atoms with Gasteiger partial charge in [0.05, 0.1) is 22.4 Å². The van der Waals surface area contributed by atoms with Crippen LogP contribution in [0.5, 0.6) is 5.75 Å². The standard InChI is InChI=1S/C43H49N5O9S2/c1-25-17-20-36(58-25)32-22-35(38-37(44-32)30-14-9-10-16-34(30)57-38)55-28-21-33-39(49)46-43(41(51)47-59(53,54)29-18-19-29)23-26(43)11-5-3-2-4-6-15-31(40(50)48(33)24-28)45-42(52)56-27-12-7-8-13-27/h5,9-11,14,16-17,20,22,26-29,31,33H,2-4,6-8,12-13,15,18-19,21,23-24H2,1H3,(H,45,52)(H,46,49)(H,47,51)/b11-5-/t26-,28-,31+,33+,43-/m1/s1. The minimum Gasteiger partial charge on any atom is -0.484 e. The van der Waals surface area contributed by atoms with Gasteiger partial charge in [-0.25, -0.2) is 18.2 Å². The van der Waals surface area contributed by atoms with E-state index in [1.165, 1.54) is 4.90 Å². The van der Waals surface area contributed by atoms with E-state index in [2.05, 4.69) is 15.4 Å². The molecule has 2 aliphatic heterocycles. The summed E-state index contributed by atoms with van der Waals surface area (Å²) in [5.74, 6) is -1.89. The van der Waals surface area contributed by atoms with Crippen LogP contribution in [-0.2, 0) is 29.1 Å². The number of allylic oxidation sites excluding steroid dienone is 1. The molecule has 4 amide bonds. The molecule has 5 heterocycles. The highest BCUT2D eigenvalue weighted by Gasteiger charge is 2.62. The fourth-order valence-electron chi connectivity index (χ4n) is 8.80. The molecular weight excluding hydrogens is 795 g/mol. The van der Waals surface area contributed by atoms with Crippen molar-refractivity contribution in [2.45, 2.75) is 125 Å². The molecule has 5 aliphatic rings. The summed E-state index contributed by atoms with van der Waals surface area (Å²) in [5, 5.41) is 5.95. The maximum atomic E-state index is 14.7. The van der Waals surface area contributed by atoms with Crippen molar-refractivity contribution in [3.63, 3.8) is 0 Å². The fourth-order valence-corrected chi connectivity index (χ4v) is 11.0. The molecule has 4 aromatic rings. The molecular formula is C43H49N5O9S2. The average molecular weight is 844 g/mol. The van der Waals surface area contributed by atoms with E-state index in [0.29, 0.717) is 60.2 Å². The van der Waals surface area contributed by atoms with E-state index >= 15 is 0 Å². The molecule has 0 bridgehead atoms. The van der Waals surface area contributed by atoms with Gasteiger partial charge in [-0.2, -0.15) is 0 Å². The number of fused-ring (bicyclic) bond motifs is 5. The second-order valence-corrected chi connectivity index (χ2v) is 19.9. The summed E-state index contributed by atoms with van der Waals surface area (Å²) in [4.78, 5) is 64.9. The summed E-state index contributed by atoms with van der Waals surface area (Å²) in [7, 11) is -3.90. The predicted octanol–water partition coefficient (Wildman–Crippen LogP) is 6.41. The second kappa shape index (κ2) is 15.9. The Kier molecular flexibility index (Phi) is 10.6. The number of ether oxygens (including phenoxy) is 2. The molecule has 1 aromatic carbocycles. The summed E-state index contributed by atoms with van der Waals surface area (Å²) < 4.78 is 46.9. The molecule has 312 valence electrons. The number of hydrogen-bond acceptors (Lipinski definition) is 11. The van der Waals surface area contributed by atoms with E-state index in [9.17, 15) is 27.6 Å². The molecule has 3 saturated carbocycles. The lowest BCUT2D eigenvalue weighted by Crippen LogP contribution is -2.58. The number of amides is 4. The predicted molar refractivity (Wildman–Crippen MR) is 221 cm³/mol. The van der Waals surface area contributed by atoms with Crippen molar-refractivity contribution in [1.82, 2.24) is 25.2 Å². The number of alkyl carbamates (subject to hydrolysis) is 1. The maximum Gasteiger partial charge on any atom is 0.408 e. The molecule has 59 heavy (non-hydrogen) atoms. The van der Waals surface area contributed by atoms with Crippen LogP contribution in [0.2, 0.25) is 0 Å². The number of sulfonamides is 1. The van der Waals surface area contributed by atoms with Crippen LogP contribution in [-0.4, -0.2) is 83.7 Å². The molecule has 0 radical (unpaired) electrons. The minimum absolute atomic E-state index is 0.0111. The lowest BCUT2D eigenvalue weighted by molar-refractivity contribution is -0.141. The number of carbonyl (C=O) groups excluding carboxylic acids is 4. The lowest BCUT2D eigenvalue weighted by Gasteiger charge is -2.30. The van der Waals surface area contributed by atoms with Crippen molar-refractivity contribution in [3.8, 4) is 16.3 Å². The summed E-state index contributed by atoms with van der Waals surface area (Å²) in [5.41, 5.74) is 0.855. The van der Waals surface area contributed by atoms with E-state index < -0.39 is 68.7 Å². The number of aryl methyl sites for hydroxylation is 1. The van der Waals surface area contributed by atoms with Gasteiger partial charge in [-0.15, -0.1) is 11.3 Å². The molecule has 3 N–H and O–H groups in total. The number of nitrogens with zero attached hydrogens (tertiary/aromatic N) is 2. The van der Waals surface area contributed by atoms with E-state index in [0.717, 1.165) is 53.7 Å². The third kappa shape index (κ3) is 8.17. The first-order valence-electron chi connectivity index (χ1n) is 20.9. The third-order valence-corrected chi connectivity index (χ3v) is 15.1. The van der Waals surface area contributed by atoms with Gasteiger partial charge in [0.25, 0.3) is 5.91 Å². The smallest absolute Gasteiger partial charge is 0.408 e. The summed E-state index contributed by atoms with van der Waals surface area (Å²) in [6.45, 7) is 2.01. The van der Waals surface area contributed by atoms with Crippen LogP contribution in [0.4, 0.5) is 4.79 Å². The van der Waals surface area contributed by atoms with Gasteiger partial charge in [0.2, 0.25) is 21.8 Å². The molecule has 16 heteroatoms. The highest BCUT2D eigenvalue weighted by atomic mass is 32.2. The van der Waals surface area contributed by atoms with Crippen LogP contribution >= 0.6 is 11.3 Å². The molecule has 5 atom stereocenters. The number of nitrogens with one attached hydrogen (secondary N) is 3. The van der Waals surface area contributed by atoms with Crippen molar-refractivity contribution >= 4 is 67.2 Å². The Morgan fingerprint density at radius 3 is 2.58 bits per heavy atom. The Bertz CT molecular complexity index is 2430. The SMILES string of the molecule is Cc1ccc(-c2cc(O[C@@H]3C[C@H]4C(=O)N[C@]5(C(=O)NS(=O)(=O)C6CC6)C[C@H]5/C=C\CCCCC[C@H](NC(=O)OC5CCCC5)C(=O)N4C3)c3oc4ccccc4c3n2)s1. The van der Waals surface area contributed by atoms with Gasteiger partial charge in [0.1, 0.15) is 40.9 Å². The number of aromatic nitrogens is 1. The van der Waals surface area contributed by atoms with E-state index in [-0.39, 0.29) is 25.5 Å². The van der Waals surface area contributed by atoms with Crippen molar-refractivity contribution in [2.75, 3.05) is 6.54 Å². The van der Waals surface area contributed by atoms with Gasteiger partial charge in [-0.1, -0.05) is 37.1 Å². The Hall–Kier alpha value is -4.96. The zero-order valence-electron chi connectivity index (χ0n) is 32.9. The zero-order valence-corrected chi connectivity index (χ0v) is 34.6. The van der Waals surface area contributed by atoms with Gasteiger partial charge in [0.15, 0.2) is 11.3 Å². The van der Waals surface area contributed by atoms with Crippen LogP contribution in [0.1, 0.15) is 88.3 Å². The number of rotatable bonds is 8. The minimum atomic E-state index is -3.90. The first kappa shape index (κ1) is 39.5. The van der Waals surface area contributed by atoms with Crippen molar-refractivity contribution < 1.29 is 41.5 Å². The van der Waals surface area contributed by atoms with Crippen LogP contribution in [0, 0.1) is 12.8 Å². The Balaban J connectivity index is 1.05. The number of hydrogen-bond donors (Lipinski definition) is 3. The lowest BCUT2D eigenvalue weighted by atomic mass is 10.0. The van der Waals surface area contributed by atoms with Crippen LogP contribution < -0.4 is 20.1 Å². The summed E-state index contributed by atoms with van der Waals surface area (Å²) in [6, 6.07) is 11.3. The normalized spacial score (nSPS) is 27.3. The number of furan rings is 1. The Labute approximate surface area is 346 Å². The number of para-hydroxylation sites is 1. The van der Waals surface area contributed by atoms with E-state index in [4.69, 9.17) is 18.9 Å². The second-order valence-electron chi connectivity index (χ2n) is 16.7. The quantitative estimate of drug-likeness (QED) is 0.168. The monoisotopic (exact) mass is 843 g/mol. The van der Waals surface area contributed by atoms with Crippen LogP contribution in [0.15, 0.2) is 59.0 Å².